The molecular formula is C9H15NO3. The van der Waals surface area contributed by atoms with Crippen molar-refractivity contribution in [1.82, 2.24) is 5.48 Å². The third-order valence-corrected chi connectivity index (χ3v) is 1.98. The summed E-state index contributed by atoms with van der Waals surface area (Å²) in [5.41, 5.74) is 3.35. The van der Waals surface area contributed by atoms with Gasteiger partial charge in [0.05, 0.1) is 0 Å². The molecule has 1 amide bonds. The van der Waals surface area contributed by atoms with Crippen LogP contribution in [0.2, 0.25) is 0 Å². The van der Waals surface area contributed by atoms with E-state index in [1.807, 2.05) is 13.8 Å². The second kappa shape index (κ2) is 4.87. The van der Waals surface area contributed by atoms with Crippen LogP contribution < -0.4 is 5.48 Å². The van der Waals surface area contributed by atoms with Crippen molar-refractivity contribution in [2.45, 2.75) is 26.7 Å². The highest BCUT2D eigenvalue weighted by atomic mass is 16.7. The number of ether oxygens (including phenoxy) is 1. The van der Waals surface area contributed by atoms with Crippen LogP contribution in [0.15, 0.2) is 11.3 Å². The zero-order valence-electron chi connectivity index (χ0n) is 8.05. The van der Waals surface area contributed by atoms with Crippen molar-refractivity contribution >= 4 is 5.91 Å². The van der Waals surface area contributed by atoms with Gasteiger partial charge in [0.1, 0.15) is 13.2 Å². The molecule has 1 saturated heterocycles. The van der Waals surface area contributed by atoms with E-state index in [0.29, 0.717) is 19.0 Å². The molecule has 0 atom stereocenters. The van der Waals surface area contributed by atoms with Crippen LogP contribution in [0.5, 0.6) is 0 Å². The Labute approximate surface area is 77.9 Å². The van der Waals surface area contributed by atoms with Crippen LogP contribution >= 0.6 is 0 Å². The molecule has 0 aromatic carbocycles. The number of hydroxylamine groups is 1. The van der Waals surface area contributed by atoms with Crippen molar-refractivity contribution in [3.63, 3.8) is 0 Å². The Bertz CT molecular complexity index is 217. The van der Waals surface area contributed by atoms with Crippen molar-refractivity contribution in [3.8, 4) is 0 Å². The van der Waals surface area contributed by atoms with Gasteiger partial charge >= 0.3 is 5.91 Å². The predicted molar refractivity (Wildman–Crippen MR) is 47.7 cm³/mol. The lowest BCUT2D eigenvalue weighted by Gasteiger charge is -2.08. The first-order valence-corrected chi connectivity index (χ1v) is 4.56. The van der Waals surface area contributed by atoms with Crippen LogP contribution in [-0.4, -0.2) is 19.1 Å². The van der Waals surface area contributed by atoms with Gasteiger partial charge in [-0.1, -0.05) is 13.8 Å². The number of amides is 1. The summed E-state index contributed by atoms with van der Waals surface area (Å²) < 4.78 is 5.30. The summed E-state index contributed by atoms with van der Waals surface area (Å²) in [5, 5.41) is 0. The highest BCUT2D eigenvalue weighted by Crippen LogP contribution is 2.15. The van der Waals surface area contributed by atoms with E-state index < -0.39 is 0 Å². The molecule has 4 heteroatoms. The van der Waals surface area contributed by atoms with Crippen LogP contribution in [0.3, 0.4) is 0 Å². The molecule has 0 unspecified atom stereocenters. The van der Waals surface area contributed by atoms with Crippen molar-refractivity contribution in [2.75, 3.05) is 13.2 Å². The Morgan fingerprint density at radius 1 is 1.38 bits per heavy atom. The van der Waals surface area contributed by atoms with Crippen LogP contribution in [-0.2, 0) is 14.4 Å². The second-order valence-electron chi connectivity index (χ2n) is 2.77. The zero-order chi connectivity index (χ0) is 9.68. The highest BCUT2D eigenvalue weighted by molar-refractivity contribution is 5.91. The van der Waals surface area contributed by atoms with E-state index in [1.54, 1.807) is 0 Å². The van der Waals surface area contributed by atoms with Gasteiger partial charge in [0.25, 0.3) is 0 Å². The number of hydrogen-bond donors (Lipinski definition) is 1. The number of hydrogen-bond acceptors (Lipinski definition) is 3. The van der Waals surface area contributed by atoms with Gasteiger partial charge in [-0.15, -0.1) is 0 Å². The first-order valence-electron chi connectivity index (χ1n) is 4.56. The first-order chi connectivity index (χ1) is 6.29. The largest absolute Gasteiger partial charge is 0.485 e. The number of carbonyl (C=O) groups is 1. The Morgan fingerprint density at radius 3 is 2.69 bits per heavy atom. The molecular weight excluding hydrogens is 170 g/mol. The Morgan fingerprint density at radius 2 is 2.08 bits per heavy atom. The topological polar surface area (TPSA) is 47.6 Å². The molecule has 0 aromatic rings. The van der Waals surface area contributed by atoms with Crippen LogP contribution in [0.25, 0.3) is 0 Å². The summed E-state index contributed by atoms with van der Waals surface area (Å²) >= 11 is 0. The highest BCUT2D eigenvalue weighted by Gasteiger charge is 2.18. The smallest absolute Gasteiger partial charge is 0.309 e. The second-order valence-corrected chi connectivity index (χ2v) is 2.77. The number of nitrogens with one attached hydrogen (secondary N) is 1. The van der Waals surface area contributed by atoms with Gasteiger partial charge in [0.2, 0.25) is 0 Å². The number of carbonyl (C=O) groups excluding carboxylic acids is 1. The molecule has 0 spiro atoms. The average Bonchev–Trinajstić information content (AvgIpc) is 2.34. The van der Waals surface area contributed by atoms with E-state index in [-0.39, 0.29) is 5.91 Å². The minimum absolute atomic E-state index is 0.267. The normalized spacial score (nSPS) is 17.4. The van der Waals surface area contributed by atoms with Crippen LogP contribution in [0, 0.1) is 0 Å². The Kier molecular flexibility index (Phi) is 3.76. The zero-order valence-corrected chi connectivity index (χ0v) is 8.05. The fourth-order valence-electron chi connectivity index (χ4n) is 1.25. The monoisotopic (exact) mass is 185 g/mol. The van der Waals surface area contributed by atoms with Crippen molar-refractivity contribution in [3.05, 3.63) is 11.3 Å². The fourth-order valence-corrected chi connectivity index (χ4v) is 1.25. The predicted octanol–water partition coefficient (Wildman–Crippen LogP) is 1.14. The van der Waals surface area contributed by atoms with Gasteiger partial charge in [0.15, 0.2) is 5.76 Å². The van der Waals surface area contributed by atoms with E-state index in [0.717, 1.165) is 18.4 Å². The van der Waals surface area contributed by atoms with Gasteiger partial charge in [-0.3, -0.25) is 9.63 Å². The molecule has 13 heavy (non-hydrogen) atoms. The molecule has 0 saturated carbocycles. The number of allylic oxidation sites excluding steroid dienone is 1. The molecule has 1 aliphatic rings. The molecule has 1 rings (SSSR count). The summed E-state index contributed by atoms with van der Waals surface area (Å²) in [7, 11) is 0. The summed E-state index contributed by atoms with van der Waals surface area (Å²) in [6.45, 7) is 4.84. The van der Waals surface area contributed by atoms with E-state index in [2.05, 4.69) is 5.48 Å². The summed E-state index contributed by atoms with van der Waals surface area (Å²) in [6.07, 6.45) is 1.67. The quantitative estimate of drug-likeness (QED) is 0.656. The lowest BCUT2D eigenvalue weighted by Crippen LogP contribution is -2.23. The maximum absolute atomic E-state index is 11.4. The standard InChI is InChI=1S/C9H15NO3/c1-3-7(4-2)8-9(11)10-13-6-5-12-8/h3-6H2,1-2H3,(H,10,11). The summed E-state index contributed by atoms with van der Waals surface area (Å²) in [4.78, 5) is 16.2. The van der Waals surface area contributed by atoms with Gasteiger partial charge in [-0.05, 0) is 18.4 Å². The van der Waals surface area contributed by atoms with Crippen LogP contribution in [0.1, 0.15) is 26.7 Å². The lowest BCUT2D eigenvalue weighted by molar-refractivity contribution is -0.129. The van der Waals surface area contributed by atoms with Gasteiger partial charge in [-0.2, -0.15) is 0 Å². The lowest BCUT2D eigenvalue weighted by atomic mass is 10.1. The van der Waals surface area contributed by atoms with E-state index in [9.17, 15) is 4.79 Å². The molecule has 0 radical (unpaired) electrons. The van der Waals surface area contributed by atoms with Crippen LogP contribution in [0.4, 0.5) is 0 Å². The molecule has 74 valence electrons. The molecule has 0 aliphatic carbocycles. The Hall–Kier alpha value is -1.03. The van der Waals surface area contributed by atoms with E-state index in [1.165, 1.54) is 0 Å². The fraction of sp³-hybridized carbons (Fsp3) is 0.667. The third-order valence-electron chi connectivity index (χ3n) is 1.98. The molecule has 0 bridgehead atoms. The summed E-state index contributed by atoms with van der Waals surface area (Å²) in [5.74, 6) is 0.165. The molecule has 1 N–H and O–H groups in total. The van der Waals surface area contributed by atoms with Gasteiger partial charge < -0.3 is 4.74 Å². The average molecular weight is 185 g/mol. The minimum Gasteiger partial charge on any atom is -0.485 e. The third kappa shape index (κ3) is 2.45. The van der Waals surface area contributed by atoms with Crippen molar-refractivity contribution in [1.29, 1.82) is 0 Å². The first kappa shape index (κ1) is 10.1. The van der Waals surface area contributed by atoms with E-state index in [4.69, 9.17) is 9.57 Å². The SMILES string of the molecule is CCC(CC)=C1OCCONC1=O. The molecule has 1 fully saturated rings. The molecule has 1 aliphatic heterocycles. The van der Waals surface area contributed by atoms with Gasteiger partial charge in [0, 0.05) is 0 Å². The minimum atomic E-state index is -0.267. The van der Waals surface area contributed by atoms with Crippen molar-refractivity contribution < 1.29 is 14.4 Å². The maximum Gasteiger partial charge on any atom is 0.309 e. The molecule has 0 aromatic heterocycles. The van der Waals surface area contributed by atoms with E-state index >= 15 is 0 Å². The number of rotatable bonds is 2. The molecule has 4 nitrogen and oxygen atoms in total. The maximum atomic E-state index is 11.4. The summed E-state index contributed by atoms with van der Waals surface area (Å²) in [6, 6.07) is 0. The van der Waals surface area contributed by atoms with Gasteiger partial charge in [-0.25, -0.2) is 5.48 Å². The Balaban J connectivity index is 2.83. The van der Waals surface area contributed by atoms with Crippen molar-refractivity contribution in [2.24, 2.45) is 0 Å². The molecule has 1 heterocycles.